The minimum atomic E-state index is -3.11. The third kappa shape index (κ3) is 6.71. The van der Waals surface area contributed by atoms with E-state index in [1.54, 1.807) is 12.1 Å². The van der Waals surface area contributed by atoms with Gasteiger partial charge in [0, 0.05) is 0 Å². The van der Waals surface area contributed by atoms with Gasteiger partial charge in [-0.3, -0.25) is 0 Å². The molecule has 1 aromatic rings. The van der Waals surface area contributed by atoms with Crippen LogP contribution in [0.1, 0.15) is 0 Å². The Morgan fingerprint density at radius 1 is 1.05 bits per heavy atom. The van der Waals surface area contributed by atoms with Crippen molar-refractivity contribution in [1.29, 1.82) is 0 Å². The summed E-state index contributed by atoms with van der Waals surface area (Å²) < 4.78 is 6.31. The molecule has 6 nitrogen and oxygen atoms in total. The zero-order valence-electron chi connectivity index (χ0n) is 12.5. The summed E-state index contributed by atoms with van der Waals surface area (Å²) in [6.07, 6.45) is 0. The van der Waals surface area contributed by atoms with Gasteiger partial charge in [0.1, 0.15) is 5.75 Å². The van der Waals surface area contributed by atoms with Gasteiger partial charge in [0.2, 0.25) is 0 Å². The van der Waals surface area contributed by atoms with E-state index in [2.05, 4.69) is 10.1 Å². The minimum absolute atomic E-state index is 0.254. The average Bonchev–Trinajstić information content (AvgIpc) is 2.11. The second-order valence-corrected chi connectivity index (χ2v) is 7.74. The SMILES string of the molecule is C[N+](C)(C)N=P(O)(N[N+](C)(C)C)Oc1ccccc1. The topological polar surface area (TPSA) is 53.9 Å². The van der Waals surface area contributed by atoms with Crippen molar-refractivity contribution in [3.63, 3.8) is 0 Å². The first-order valence-electron chi connectivity index (χ1n) is 6.03. The normalized spacial score (nSPS) is 15.7. The van der Waals surface area contributed by atoms with Crippen LogP contribution in [0.15, 0.2) is 35.2 Å². The Balaban J connectivity index is 3.10. The first kappa shape index (κ1) is 16.1. The molecule has 19 heavy (non-hydrogen) atoms. The summed E-state index contributed by atoms with van der Waals surface area (Å²) in [6.45, 7) is 0. The van der Waals surface area contributed by atoms with Crippen molar-refractivity contribution in [2.24, 2.45) is 4.85 Å². The second kappa shape index (κ2) is 5.61. The maximum atomic E-state index is 10.7. The summed E-state index contributed by atoms with van der Waals surface area (Å²) in [4.78, 5) is 15.1. The van der Waals surface area contributed by atoms with Gasteiger partial charge in [0.25, 0.3) is 0 Å². The highest BCUT2D eigenvalue weighted by Gasteiger charge is 2.31. The van der Waals surface area contributed by atoms with Crippen molar-refractivity contribution in [2.45, 2.75) is 0 Å². The van der Waals surface area contributed by atoms with Crippen molar-refractivity contribution in [2.75, 3.05) is 42.3 Å². The number of benzene rings is 1. The molecule has 1 unspecified atom stereocenters. The number of nitrogens with zero attached hydrogens (tertiary/aromatic N) is 3. The van der Waals surface area contributed by atoms with E-state index < -0.39 is 7.66 Å². The van der Waals surface area contributed by atoms with E-state index in [1.165, 1.54) is 0 Å². The number of hydrogen-bond donors (Lipinski definition) is 2. The fourth-order valence-corrected chi connectivity index (χ4v) is 3.48. The molecule has 0 fully saturated rings. The second-order valence-electron chi connectivity index (χ2n) is 6.09. The molecular weight excluding hydrogens is 263 g/mol. The van der Waals surface area contributed by atoms with Crippen LogP contribution in [0, 0.1) is 0 Å². The Labute approximate surface area is 115 Å². The quantitative estimate of drug-likeness (QED) is 0.494. The van der Waals surface area contributed by atoms with Gasteiger partial charge in [-0.15, -0.1) is 0 Å². The summed E-state index contributed by atoms with van der Waals surface area (Å²) in [5.41, 5.74) is 0. The summed E-state index contributed by atoms with van der Waals surface area (Å²) in [6, 6.07) is 9.21. The monoisotopic (exact) mass is 288 g/mol. The fraction of sp³-hybridized carbons (Fsp3) is 0.500. The van der Waals surface area contributed by atoms with Crippen molar-refractivity contribution in [1.82, 2.24) is 5.20 Å². The molecule has 0 aliphatic heterocycles. The summed E-state index contributed by atoms with van der Waals surface area (Å²) in [5.74, 6) is 0.594. The Morgan fingerprint density at radius 3 is 2.00 bits per heavy atom. The van der Waals surface area contributed by atoms with Gasteiger partial charge in [0.15, 0.2) is 0 Å². The largest absolute Gasteiger partial charge is 0.435 e. The van der Waals surface area contributed by atoms with E-state index in [-0.39, 0.29) is 4.59 Å². The molecule has 0 heterocycles. The minimum Gasteiger partial charge on any atom is -0.422 e. The summed E-state index contributed by atoms with van der Waals surface area (Å²) in [5, 5.41) is 3.04. The highest BCUT2D eigenvalue weighted by atomic mass is 31.2. The highest BCUT2D eigenvalue weighted by molar-refractivity contribution is 7.53. The number of para-hydroxylation sites is 1. The van der Waals surface area contributed by atoms with E-state index in [1.807, 2.05) is 60.5 Å². The lowest BCUT2D eigenvalue weighted by Gasteiger charge is -2.30. The molecule has 0 aliphatic rings. The van der Waals surface area contributed by atoms with E-state index >= 15 is 0 Å². The van der Waals surface area contributed by atoms with Crippen LogP contribution in [0.3, 0.4) is 0 Å². The molecule has 0 radical (unpaired) electrons. The molecule has 2 N–H and O–H groups in total. The molecule has 1 rings (SSSR count). The zero-order chi connectivity index (χ0) is 14.7. The first-order valence-corrected chi connectivity index (χ1v) is 7.64. The van der Waals surface area contributed by atoms with Gasteiger partial charge >= 0.3 is 7.66 Å². The standard InChI is InChI=1S/C12H25N4O2P/c1-15(2,3)13-19(17,14-16(4,5)6)18-12-10-8-7-9-11-12/h7-11,13,17H,1-6H3/q+2. The van der Waals surface area contributed by atoms with Gasteiger partial charge in [-0.1, -0.05) is 23.4 Å². The Hall–Kier alpha value is -0.910. The molecule has 0 bridgehead atoms. The van der Waals surface area contributed by atoms with E-state index in [0.29, 0.717) is 10.3 Å². The molecule has 0 aliphatic carbocycles. The van der Waals surface area contributed by atoms with Crippen LogP contribution < -0.4 is 9.72 Å². The van der Waals surface area contributed by atoms with Crippen LogP contribution >= 0.6 is 7.66 Å². The van der Waals surface area contributed by atoms with Gasteiger partial charge in [-0.2, -0.15) is 4.59 Å². The fourth-order valence-electron chi connectivity index (χ4n) is 1.44. The highest BCUT2D eigenvalue weighted by Crippen LogP contribution is 2.44. The molecule has 1 atom stereocenters. The van der Waals surface area contributed by atoms with Gasteiger partial charge in [0.05, 0.1) is 42.3 Å². The molecule has 0 saturated carbocycles. The Bertz CT molecular complexity index is 463. The van der Waals surface area contributed by atoms with Crippen molar-refractivity contribution in [3.05, 3.63) is 30.3 Å². The maximum Gasteiger partial charge on any atom is 0.435 e. The molecule has 0 saturated heterocycles. The molecule has 0 amide bonds. The van der Waals surface area contributed by atoms with Crippen LogP contribution in [0.25, 0.3) is 0 Å². The number of quaternary nitrogens is 2. The lowest BCUT2D eigenvalue weighted by Crippen LogP contribution is -2.47. The van der Waals surface area contributed by atoms with Crippen LogP contribution in [0.2, 0.25) is 0 Å². The Kier molecular flexibility index (Phi) is 4.76. The lowest BCUT2D eigenvalue weighted by molar-refractivity contribution is -0.904. The number of hydrogen-bond acceptors (Lipinski definition) is 2. The van der Waals surface area contributed by atoms with Crippen molar-refractivity contribution in [3.8, 4) is 5.75 Å². The van der Waals surface area contributed by atoms with Gasteiger partial charge in [-0.25, -0.2) is 4.59 Å². The predicted octanol–water partition coefficient (Wildman–Crippen LogP) is 1.84. The molecule has 1 aromatic carbocycles. The van der Waals surface area contributed by atoms with E-state index in [9.17, 15) is 4.89 Å². The first-order chi connectivity index (χ1) is 8.49. The third-order valence-corrected chi connectivity index (χ3v) is 3.90. The van der Waals surface area contributed by atoms with Crippen molar-refractivity contribution >= 4 is 7.66 Å². The zero-order valence-corrected chi connectivity index (χ0v) is 13.4. The van der Waals surface area contributed by atoms with Crippen LogP contribution in [-0.2, 0) is 0 Å². The lowest BCUT2D eigenvalue weighted by atomic mass is 10.3. The van der Waals surface area contributed by atoms with Gasteiger partial charge < -0.3 is 9.42 Å². The molecule has 108 valence electrons. The molecule has 7 heteroatoms. The summed E-state index contributed by atoms with van der Waals surface area (Å²) in [7, 11) is 8.22. The third-order valence-electron chi connectivity index (χ3n) is 1.80. The van der Waals surface area contributed by atoms with Crippen molar-refractivity contribution < 1.29 is 18.6 Å². The van der Waals surface area contributed by atoms with Crippen LogP contribution in [0.4, 0.5) is 0 Å². The predicted molar refractivity (Wildman–Crippen MR) is 77.8 cm³/mol. The number of rotatable bonds is 5. The molecular formula is C12H25N4O2P+2. The van der Waals surface area contributed by atoms with Crippen LogP contribution in [0.5, 0.6) is 5.75 Å². The smallest absolute Gasteiger partial charge is 0.422 e. The molecule has 0 aromatic heterocycles. The summed E-state index contributed by atoms with van der Waals surface area (Å²) >= 11 is 0. The Morgan fingerprint density at radius 2 is 1.58 bits per heavy atom. The van der Waals surface area contributed by atoms with Crippen LogP contribution in [-0.4, -0.2) is 56.4 Å². The van der Waals surface area contributed by atoms with E-state index in [0.717, 1.165) is 0 Å². The average molecular weight is 288 g/mol. The number of nitrogens with one attached hydrogen (secondary N) is 1. The van der Waals surface area contributed by atoms with E-state index in [4.69, 9.17) is 4.52 Å². The molecule has 0 spiro atoms. The maximum absolute atomic E-state index is 10.7. The van der Waals surface area contributed by atoms with Gasteiger partial charge in [-0.05, 0) is 17.0 Å².